The largest absolute Gasteiger partial charge is 1.00 e. The van der Waals surface area contributed by atoms with E-state index in [1.54, 1.807) is 7.11 Å². The highest BCUT2D eigenvalue weighted by Crippen LogP contribution is 2.41. The molecule has 0 radical (unpaired) electrons. The van der Waals surface area contributed by atoms with Crippen LogP contribution in [0.3, 0.4) is 0 Å². The summed E-state index contributed by atoms with van der Waals surface area (Å²) in [6.45, 7) is 3.02. The van der Waals surface area contributed by atoms with Gasteiger partial charge in [-0.15, -0.1) is 0 Å². The third-order valence-electron chi connectivity index (χ3n) is 4.54. The summed E-state index contributed by atoms with van der Waals surface area (Å²) in [5, 5.41) is 11.9. The van der Waals surface area contributed by atoms with E-state index in [4.69, 9.17) is 9.85 Å². The molecule has 2 aromatic heterocycles. The van der Waals surface area contributed by atoms with E-state index in [0.717, 1.165) is 39.1 Å². The highest BCUT2D eigenvalue weighted by molar-refractivity contribution is 7.16. The molecule has 0 saturated heterocycles. The molecular formula is C21H21ClN4OS. The fourth-order valence-corrected chi connectivity index (χ4v) is 4.04. The number of benzene rings is 2. The minimum atomic E-state index is 0. The predicted octanol–water partition coefficient (Wildman–Crippen LogP) is 2.64. The molecule has 7 heteroatoms. The molecule has 0 aliphatic rings. The molecular weight excluding hydrogens is 392 g/mol. The van der Waals surface area contributed by atoms with Crippen LogP contribution in [0.25, 0.3) is 22.2 Å². The number of halogens is 1. The van der Waals surface area contributed by atoms with Crippen LogP contribution in [0, 0.1) is 0 Å². The van der Waals surface area contributed by atoms with Crippen molar-refractivity contribution in [3.63, 3.8) is 0 Å². The molecule has 0 bridgehead atoms. The molecule has 144 valence electrons. The molecule has 0 spiro atoms. The number of fused-ring (bicyclic) bond motifs is 1. The van der Waals surface area contributed by atoms with Gasteiger partial charge in [0, 0.05) is 17.5 Å². The van der Waals surface area contributed by atoms with Gasteiger partial charge in [-0.25, -0.2) is 4.57 Å². The summed E-state index contributed by atoms with van der Waals surface area (Å²) in [5.41, 5.74) is 4.29. The zero-order chi connectivity index (χ0) is 18.8. The van der Waals surface area contributed by atoms with Crippen molar-refractivity contribution in [2.75, 3.05) is 7.11 Å². The lowest BCUT2D eigenvalue weighted by molar-refractivity contribution is -0.654. The van der Waals surface area contributed by atoms with E-state index in [9.17, 15) is 0 Å². The number of azo groups is 1. The number of nitrogens with zero attached hydrogens (tertiary/aromatic N) is 4. The molecule has 0 N–H and O–H groups in total. The van der Waals surface area contributed by atoms with Crippen LogP contribution in [-0.2, 0) is 13.6 Å². The van der Waals surface area contributed by atoms with Gasteiger partial charge in [-0.1, -0.05) is 48.5 Å². The van der Waals surface area contributed by atoms with Gasteiger partial charge < -0.3 is 21.7 Å². The Labute approximate surface area is 174 Å². The monoisotopic (exact) mass is 412 g/mol. The lowest BCUT2D eigenvalue weighted by Gasteiger charge is -2.08. The smallest absolute Gasteiger partial charge is 0.411 e. The molecule has 5 nitrogen and oxygen atoms in total. The maximum absolute atomic E-state index is 5.30. The van der Waals surface area contributed by atoms with E-state index in [1.165, 1.54) is 16.9 Å². The van der Waals surface area contributed by atoms with Crippen LogP contribution in [-0.4, -0.2) is 11.7 Å². The highest BCUT2D eigenvalue weighted by Gasteiger charge is 2.20. The number of rotatable bonds is 5. The van der Waals surface area contributed by atoms with E-state index in [1.807, 2.05) is 29.9 Å². The normalized spacial score (nSPS) is 11.1. The summed E-state index contributed by atoms with van der Waals surface area (Å²) >= 11 is 1.47. The average Bonchev–Trinajstić information content (AvgIpc) is 3.24. The number of ether oxygens (including phenoxy) is 1. The van der Waals surface area contributed by atoms with Crippen molar-refractivity contribution in [3.8, 4) is 16.3 Å². The second-order valence-electron chi connectivity index (χ2n) is 6.17. The minimum absolute atomic E-state index is 0. The summed E-state index contributed by atoms with van der Waals surface area (Å²) in [6.07, 6.45) is 1.91. The van der Waals surface area contributed by atoms with Crippen LogP contribution in [0.1, 0.15) is 6.92 Å². The second-order valence-corrected chi connectivity index (χ2v) is 7.14. The molecule has 28 heavy (non-hydrogen) atoms. The summed E-state index contributed by atoms with van der Waals surface area (Å²) in [7, 11) is 3.61. The maximum Gasteiger partial charge on any atom is 0.411 e. The number of thiazole rings is 1. The summed E-state index contributed by atoms with van der Waals surface area (Å²) in [6, 6.07) is 18.7. The molecule has 2 aromatic carbocycles. The third kappa shape index (κ3) is 3.53. The van der Waals surface area contributed by atoms with Crippen molar-refractivity contribution < 1.29 is 21.7 Å². The summed E-state index contributed by atoms with van der Waals surface area (Å²) < 4.78 is 9.53. The minimum Gasteiger partial charge on any atom is -1.00 e. The van der Waals surface area contributed by atoms with Crippen molar-refractivity contribution in [2.24, 2.45) is 17.3 Å². The number of aryl methyl sites for hydroxylation is 2. The van der Waals surface area contributed by atoms with E-state index >= 15 is 0 Å². The first-order chi connectivity index (χ1) is 13.2. The highest BCUT2D eigenvalue weighted by atomic mass is 35.5. The molecule has 2 heterocycles. The van der Waals surface area contributed by atoms with Crippen LogP contribution in [0.15, 0.2) is 71.0 Å². The van der Waals surface area contributed by atoms with E-state index in [-0.39, 0.29) is 12.4 Å². The number of hydrogen-bond donors (Lipinski definition) is 0. The van der Waals surface area contributed by atoms with E-state index < -0.39 is 0 Å². The molecule has 0 atom stereocenters. The molecule has 0 aliphatic carbocycles. The van der Waals surface area contributed by atoms with Gasteiger partial charge in [0.1, 0.15) is 11.9 Å². The van der Waals surface area contributed by atoms with Gasteiger partial charge in [-0.2, -0.15) is 0 Å². The second kappa shape index (κ2) is 8.54. The predicted molar refractivity (Wildman–Crippen MR) is 109 cm³/mol. The molecule has 0 saturated carbocycles. The Morgan fingerprint density at radius 2 is 1.75 bits per heavy atom. The third-order valence-corrected chi connectivity index (χ3v) is 5.56. The van der Waals surface area contributed by atoms with Crippen LogP contribution in [0.4, 0.5) is 10.8 Å². The Morgan fingerprint density at radius 1 is 1.04 bits per heavy atom. The molecule has 0 fully saturated rings. The SMILES string of the molecule is CCn1c(-c2ccccc2)c(/N=N/c2sc(OC)c[n+]2C)c2ccccc21.[Cl-]. The number of methoxy groups -OCH3 is 1. The zero-order valence-corrected chi connectivity index (χ0v) is 17.5. The van der Waals surface area contributed by atoms with Crippen molar-refractivity contribution >= 4 is 33.1 Å². The maximum atomic E-state index is 5.30. The number of para-hydroxylation sites is 1. The first-order valence-corrected chi connectivity index (χ1v) is 9.66. The molecule has 4 aromatic rings. The Morgan fingerprint density at radius 3 is 2.43 bits per heavy atom. The fourth-order valence-electron chi connectivity index (χ4n) is 3.28. The van der Waals surface area contributed by atoms with Crippen molar-refractivity contribution in [1.82, 2.24) is 4.57 Å². The quantitative estimate of drug-likeness (QED) is 0.367. The summed E-state index contributed by atoms with van der Waals surface area (Å²) in [4.78, 5) is 0. The van der Waals surface area contributed by atoms with Gasteiger partial charge in [0.15, 0.2) is 0 Å². The molecule has 0 unspecified atom stereocenters. The van der Waals surface area contributed by atoms with Crippen molar-refractivity contribution in [2.45, 2.75) is 13.5 Å². The Hall–Kier alpha value is -2.70. The Kier molecular flexibility index (Phi) is 6.11. The van der Waals surface area contributed by atoms with Crippen LogP contribution >= 0.6 is 11.3 Å². The summed E-state index contributed by atoms with van der Waals surface area (Å²) in [5.74, 6) is 0. The number of aromatic nitrogens is 2. The van der Waals surface area contributed by atoms with Crippen LogP contribution in [0.2, 0.25) is 0 Å². The topological polar surface area (TPSA) is 42.8 Å². The van der Waals surface area contributed by atoms with Crippen LogP contribution < -0.4 is 21.7 Å². The Balaban J connectivity index is 0.00000225. The lowest BCUT2D eigenvalue weighted by Crippen LogP contribution is -3.00. The van der Waals surface area contributed by atoms with Crippen molar-refractivity contribution in [1.29, 1.82) is 0 Å². The van der Waals surface area contributed by atoms with Crippen LogP contribution in [0.5, 0.6) is 5.06 Å². The Bertz CT molecular complexity index is 1120. The van der Waals surface area contributed by atoms with Gasteiger partial charge in [0.05, 0.1) is 30.5 Å². The lowest BCUT2D eigenvalue weighted by atomic mass is 10.1. The van der Waals surface area contributed by atoms with Crippen molar-refractivity contribution in [3.05, 3.63) is 60.8 Å². The molecule has 4 rings (SSSR count). The van der Waals surface area contributed by atoms with Gasteiger partial charge >= 0.3 is 5.13 Å². The van der Waals surface area contributed by atoms with Gasteiger partial charge in [-0.05, 0) is 29.4 Å². The van der Waals surface area contributed by atoms with Gasteiger partial charge in [0.2, 0.25) is 5.06 Å². The first kappa shape index (κ1) is 20.0. The standard InChI is InChI=1S/C21H21N4OS.ClH/c1-4-25-17-13-9-8-12-16(17)19(20(25)15-10-6-5-7-11-15)22-23-21-24(2)14-18(26-3)27-21;/h5-14H,4H2,1-3H3;1H/q+1;/p-1. The van der Waals surface area contributed by atoms with E-state index in [2.05, 4.69) is 59.1 Å². The van der Waals surface area contributed by atoms with E-state index in [0.29, 0.717) is 0 Å². The molecule has 0 amide bonds. The zero-order valence-electron chi connectivity index (χ0n) is 16.0. The average molecular weight is 413 g/mol. The first-order valence-electron chi connectivity index (χ1n) is 8.84. The number of hydrogen-bond acceptors (Lipinski definition) is 4. The van der Waals surface area contributed by atoms with Gasteiger partial charge in [-0.3, -0.25) is 0 Å². The van der Waals surface area contributed by atoms with Gasteiger partial charge in [0.25, 0.3) is 0 Å². The molecule has 0 aliphatic heterocycles. The fraction of sp³-hybridized carbons (Fsp3) is 0.190.